The summed E-state index contributed by atoms with van der Waals surface area (Å²) in [5.74, 6) is -0.196. The maximum absolute atomic E-state index is 13.8. The second kappa shape index (κ2) is 5.41. The molecule has 0 saturated carbocycles. The van der Waals surface area contributed by atoms with Gasteiger partial charge in [0.25, 0.3) is 0 Å². The first-order valence-electron chi connectivity index (χ1n) is 6.40. The SMILES string of the molecule is Cc1cnc2c(c1)nc(CCl)n2Cc1cc(F)ccc1F. The molecular formula is C15H12ClF2N3. The lowest BCUT2D eigenvalue weighted by atomic mass is 10.2. The van der Waals surface area contributed by atoms with Gasteiger partial charge in [0.05, 0.1) is 12.4 Å². The smallest absolute Gasteiger partial charge is 0.160 e. The third kappa shape index (κ3) is 2.61. The summed E-state index contributed by atoms with van der Waals surface area (Å²) >= 11 is 5.90. The molecule has 0 saturated heterocycles. The topological polar surface area (TPSA) is 30.7 Å². The van der Waals surface area contributed by atoms with E-state index < -0.39 is 11.6 Å². The van der Waals surface area contributed by atoms with Crippen LogP contribution < -0.4 is 0 Å². The first kappa shape index (κ1) is 13.9. The van der Waals surface area contributed by atoms with Crippen LogP contribution in [0.3, 0.4) is 0 Å². The van der Waals surface area contributed by atoms with Crippen LogP contribution in [0.1, 0.15) is 17.0 Å². The fraction of sp³-hybridized carbons (Fsp3) is 0.200. The van der Waals surface area contributed by atoms with E-state index in [9.17, 15) is 8.78 Å². The summed E-state index contributed by atoms with van der Waals surface area (Å²) in [6.45, 7) is 2.05. The van der Waals surface area contributed by atoms with Gasteiger partial charge in [0.1, 0.15) is 23.0 Å². The van der Waals surface area contributed by atoms with Gasteiger partial charge in [-0.1, -0.05) is 0 Å². The van der Waals surface area contributed by atoms with Crippen molar-refractivity contribution in [1.82, 2.24) is 14.5 Å². The summed E-state index contributed by atoms with van der Waals surface area (Å²) in [5.41, 5.74) is 2.52. The number of aryl methyl sites for hydroxylation is 1. The Kier molecular flexibility index (Phi) is 3.59. The molecule has 0 N–H and O–H groups in total. The zero-order chi connectivity index (χ0) is 15.0. The molecule has 0 aliphatic carbocycles. The Balaban J connectivity index is 2.13. The van der Waals surface area contributed by atoms with Crippen LogP contribution in [0.15, 0.2) is 30.5 Å². The average Bonchev–Trinajstić information content (AvgIpc) is 2.80. The van der Waals surface area contributed by atoms with Crippen molar-refractivity contribution in [2.24, 2.45) is 0 Å². The van der Waals surface area contributed by atoms with Crippen molar-refractivity contribution in [3.8, 4) is 0 Å². The average molecular weight is 308 g/mol. The van der Waals surface area contributed by atoms with Crippen molar-refractivity contribution < 1.29 is 8.78 Å². The number of pyridine rings is 1. The molecule has 0 radical (unpaired) electrons. The van der Waals surface area contributed by atoms with Gasteiger partial charge in [-0.05, 0) is 36.8 Å². The highest BCUT2D eigenvalue weighted by molar-refractivity contribution is 6.16. The number of hydrogen-bond donors (Lipinski definition) is 0. The zero-order valence-electron chi connectivity index (χ0n) is 11.3. The fourth-order valence-corrected chi connectivity index (χ4v) is 2.47. The fourth-order valence-electron chi connectivity index (χ4n) is 2.26. The molecule has 0 atom stereocenters. The van der Waals surface area contributed by atoms with Gasteiger partial charge in [0.2, 0.25) is 0 Å². The maximum atomic E-state index is 13.8. The normalized spacial score (nSPS) is 11.2. The molecule has 0 fully saturated rings. The minimum Gasteiger partial charge on any atom is -0.307 e. The first-order chi connectivity index (χ1) is 10.1. The van der Waals surface area contributed by atoms with E-state index >= 15 is 0 Å². The van der Waals surface area contributed by atoms with Crippen molar-refractivity contribution in [2.75, 3.05) is 0 Å². The Bertz CT molecular complexity index is 814. The molecule has 0 aliphatic rings. The second-order valence-corrected chi connectivity index (χ2v) is 5.11. The second-order valence-electron chi connectivity index (χ2n) is 4.84. The summed E-state index contributed by atoms with van der Waals surface area (Å²) in [5, 5.41) is 0. The van der Waals surface area contributed by atoms with Crippen LogP contribution in [0.5, 0.6) is 0 Å². The molecule has 3 aromatic rings. The predicted molar refractivity (Wildman–Crippen MR) is 77.3 cm³/mol. The minimum absolute atomic E-state index is 0.137. The van der Waals surface area contributed by atoms with Gasteiger partial charge in [0.15, 0.2) is 5.65 Å². The molecule has 1 aromatic carbocycles. The van der Waals surface area contributed by atoms with Crippen molar-refractivity contribution >= 4 is 22.8 Å². The molecule has 0 amide bonds. The Morgan fingerprint density at radius 3 is 2.81 bits per heavy atom. The van der Waals surface area contributed by atoms with Crippen LogP contribution in [-0.4, -0.2) is 14.5 Å². The van der Waals surface area contributed by atoms with Crippen molar-refractivity contribution in [1.29, 1.82) is 0 Å². The molecule has 0 aliphatic heterocycles. The number of rotatable bonds is 3. The molecule has 0 unspecified atom stereocenters. The highest BCUT2D eigenvalue weighted by atomic mass is 35.5. The van der Waals surface area contributed by atoms with E-state index in [1.165, 1.54) is 6.07 Å². The lowest BCUT2D eigenvalue weighted by Gasteiger charge is -2.08. The maximum Gasteiger partial charge on any atom is 0.160 e. The Morgan fingerprint density at radius 1 is 1.24 bits per heavy atom. The van der Waals surface area contributed by atoms with Crippen molar-refractivity contribution in [3.63, 3.8) is 0 Å². The van der Waals surface area contributed by atoms with Gasteiger partial charge in [-0.25, -0.2) is 18.7 Å². The van der Waals surface area contributed by atoms with Gasteiger partial charge < -0.3 is 4.57 Å². The number of nitrogens with zero attached hydrogens (tertiary/aromatic N) is 3. The van der Waals surface area contributed by atoms with Gasteiger partial charge in [-0.15, -0.1) is 11.6 Å². The molecular weight excluding hydrogens is 296 g/mol. The molecule has 6 heteroatoms. The predicted octanol–water partition coefficient (Wildman–Crippen LogP) is 3.81. The molecule has 2 aromatic heterocycles. The van der Waals surface area contributed by atoms with E-state index in [0.29, 0.717) is 17.0 Å². The molecule has 0 spiro atoms. The lowest BCUT2D eigenvalue weighted by molar-refractivity contribution is 0.576. The summed E-state index contributed by atoms with van der Waals surface area (Å²) in [7, 11) is 0. The van der Waals surface area contributed by atoms with Crippen LogP contribution in [0.2, 0.25) is 0 Å². The number of imidazole rings is 1. The van der Waals surface area contributed by atoms with E-state index in [2.05, 4.69) is 9.97 Å². The van der Waals surface area contributed by atoms with Crippen molar-refractivity contribution in [2.45, 2.75) is 19.3 Å². The minimum atomic E-state index is -0.480. The van der Waals surface area contributed by atoms with Gasteiger partial charge >= 0.3 is 0 Å². The zero-order valence-corrected chi connectivity index (χ0v) is 12.0. The number of alkyl halides is 1. The largest absolute Gasteiger partial charge is 0.307 e. The number of hydrogen-bond acceptors (Lipinski definition) is 2. The summed E-state index contributed by atoms with van der Waals surface area (Å²) in [4.78, 5) is 8.72. The van der Waals surface area contributed by atoms with Crippen molar-refractivity contribution in [3.05, 3.63) is 59.0 Å². The van der Waals surface area contributed by atoms with E-state index in [4.69, 9.17) is 11.6 Å². The van der Waals surface area contributed by atoms with E-state index in [1.807, 2.05) is 13.0 Å². The number of halogens is 3. The molecule has 3 rings (SSSR count). The standard InChI is InChI=1S/C15H12ClF2N3/c1-9-4-13-15(19-7-9)21(14(6-16)20-13)8-10-5-11(17)2-3-12(10)18/h2-5,7H,6,8H2,1H3. The Labute approximate surface area is 125 Å². The quantitative estimate of drug-likeness (QED) is 0.689. The van der Waals surface area contributed by atoms with Gasteiger partial charge in [-0.2, -0.15) is 0 Å². The monoisotopic (exact) mass is 307 g/mol. The number of benzene rings is 1. The van der Waals surface area contributed by atoms with E-state index in [0.717, 1.165) is 17.7 Å². The lowest BCUT2D eigenvalue weighted by Crippen LogP contribution is -2.06. The van der Waals surface area contributed by atoms with Crippen LogP contribution >= 0.6 is 11.6 Å². The number of fused-ring (bicyclic) bond motifs is 1. The Hall–Kier alpha value is -2.01. The van der Waals surface area contributed by atoms with Crippen LogP contribution in [-0.2, 0) is 12.4 Å². The van der Waals surface area contributed by atoms with Crippen LogP contribution in [0.4, 0.5) is 8.78 Å². The third-order valence-electron chi connectivity index (χ3n) is 3.26. The molecule has 108 valence electrons. The van der Waals surface area contributed by atoms with Crippen LogP contribution in [0.25, 0.3) is 11.2 Å². The number of aromatic nitrogens is 3. The van der Waals surface area contributed by atoms with Gasteiger partial charge in [-0.3, -0.25) is 0 Å². The van der Waals surface area contributed by atoms with Crippen LogP contribution in [0, 0.1) is 18.6 Å². The Morgan fingerprint density at radius 2 is 2.05 bits per heavy atom. The summed E-state index contributed by atoms with van der Waals surface area (Å²) in [6.07, 6.45) is 1.71. The molecule has 3 nitrogen and oxygen atoms in total. The highest BCUT2D eigenvalue weighted by Gasteiger charge is 2.14. The van der Waals surface area contributed by atoms with E-state index in [-0.39, 0.29) is 18.0 Å². The molecule has 0 bridgehead atoms. The first-order valence-corrected chi connectivity index (χ1v) is 6.93. The highest BCUT2D eigenvalue weighted by Crippen LogP contribution is 2.20. The third-order valence-corrected chi connectivity index (χ3v) is 3.50. The van der Waals surface area contributed by atoms with Gasteiger partial charge in [0, 0.05) is 11.8 Å². The summed E-state index contributed by atoms with van der Waals surface area (Å²) < 4.78 is 28.8. The molecule has 21 heavy (non-hydrogen) atoms. The molecule has 2 heterocycles. The summed E-state index contributed by atoms with van der Waals surface area (Å²) in [6, 6.07) is 5.26. The van der Waals surface area contributed by atoms with E-state index in [1.54, 1.807) is 10.8 Å².